The molecule has 0 atom stereocenters. The van der Waals surface area contributed by atoms with E-state index in [-0.39, 0.29) is 4.90 Å². The lowest BCUT2D eigenvalue weighted by molar-refractivity contribution is -0.0437. The summed E-state index contributed by atoms with van der Waals surface area (Å²) in [5.41, 5.74) is -5.28. The molecular weight excluding hydrogens is 309 g/mol. The highest BCUT2D eigenvalue weighted by Crippen LogP contribution is 2.35. The van der Waals surface area contributed by atoms with E-state index in [0.717, 1.165) is 17.8 Å². The van der Waals surface area contributed by atoms with Crippen LogP contribution in [-0.4, -0.2) is 25.6 Å². The first-order valence-corrected chi connectivity index (χ1v) is 7.90. The summed E-state index contributed by atoms with van der Waals surface area (Å²) in [6.45, 7) is 0. The number of halogens is 4. The molecule has 102 valence electrons. The molecule has 0 spiro atoms. The van der Waals surface area contributed by atoms with Crippen molar-refractivity contribution in [1.29, 1.82) is 0 Å². The SMILES string of the molecule is O=S(=O)(c1ccccc1SCCCCl)C(F)(F)F. The van der Waals surface area contributed by atoms with Crippen LogP contribution in [-0.2, 0) is 9.84 Å². The summed E-state index contributed by atoms with van der Waals surface area (Å²) in [5, 5.41) is 0. The van der Waals surface area contributed by atoms with Crippen LogP contribution in [0.2, 0.25) is 0 Å². The molecule has 0 saturated heterocycles. The highest BCUT2D eigenvalue weighted by atomic mass is 35.5. The van der Waals surface area contributed by atoms with Gasteiger partial charge >= 0.3 is 5.51 Å². The summed E-state index contributed by atoms with van der Waals surface area (Å²) < 4.78 is 60.1. The Hall–Kier alpha value is -0.400. The largest absolute Gasteiger partial charge is 0.501 e. The summed E-state index contributed by atoms with van der Waals surface area (Å²) in [6, 6.07) is 5.09. The standard InChI is InChI=1S/C10H10ClF3O2S2/c11-6-3-7-17-8-4-1-2-5-9(8)18(15,16)10(12,13)14/h1-2,4-5H,3,6-7H2. The molecule has 1 aromatic carbocycles. The number of alkyl halides is 4. The van der Waals surface area contributed by atoms with Crippen molar-refractivity contribution in [2.75, 3.05) is 11.6 Å². The van der Waals surface area contributed by atoms with Crippen LogP contribution >= 0.6 is 23.4 Å². The van der Waals surface area contributed by atoms with Crippen LogP contribution in [0.3, 0.4) is 0 Å². The van der Waals surface area contributed by atoms with Crippen LogP contribution in [0.15, 0.2) is 34.1 Å². The van der Waals surface area contributed by atoms with E-state index in [0.29, 0.717) is 18.1 Å². The Bertz CT molecular complexity index is 500. The van der Waals surface area contributed by atoms with Crippen LogP contribution in [0, 0.1) is 0 Å². The molecule has 18 heavy (non-hydrogen) atoms. The van der Waals surface area contributed by atoms with Crippen molar-refractivity contribution in [2.45, 2.75) is 21.7 Å². The van der Waals surface area contributed by atoms with Gasteiger partial charge in [-0.1, -0.05) is 12.1 Å². The minimum absolute atomic E-state index is 0.0972. The fourth-order valence-corrected chi connectivity index (χ4v) is 3.68. The van der Waals surface area contributed by atoms with Crippen molar-refractivity contribution < 1.29 is 21.6 Å². The summed E-state index contributed by atoms with van der Waals surface area (Å²) in [4.78, 5) is -0.600. The summed E-state index contributed by atoms with van der Waals surface area (Å²) in [7, 11) is -5.30. The summed E-state index contributed by atoms with van der Waals surface area (Å²) in [6.07, 6.45) is 0.590. The topological polar surface area (TPSA) is 34.1 Å². The van der Waals surface area contributed by atoms with E-state index >= 15 is 0 Å². The molecule has 0 saturated carbocycles. The third-order valence-corrected chi connectivity index (χ3v) is 5.08. The maximum Gasteiger partial charge on any atom is 0.501 e. The van der Waals surface area contributed by atoms with E-state index < -0.39 is 20.2 Å². The normalized spacial score (nSPS) is 12.7. The summed E-state index contributed by atoms with van der Waals surface area (Å²) >= 11 is 6.51. The van der Waals surface area contributed by atoms with E-state index in [1.54, 1.807) is 0 Å². The van der Waals surface area contributed by atoms with Gasteiger partial charge in [0.05, 0.1) is 4.90 Å². The Morgan fingerprint density at radius 3 is 2.39 bits per heavy atom. The van der Waals surface area contributed by atoms with Gasteiger partial charge in [-0.25, -0.2) is 8.42 Å². The van der Waals surface area contributed by atoms with Crippen molar-refractivity contribution >= 4 is 33.2 Å². The number of benzene rings is 1. The van der Waals surface area contributed by atoms with Gasteiger partial charge < -0.3 is 0 Å². The van der Waals surface area contributed by atoms with E-state index in [9.17, 15) is 21.6 Å². The molecule has 0 unspecified atom stereocenters. The lowest BCUT2D eigenvalue weighted by atomic mass is 10.4. The first-order valence-electron chi connectivity index (χ1n) is 4.90. The third-order valence-electron chi connectivity index (χ3n) is 1.98. The summed E-state index contributed by atoms with van der Waals surface area (Å²) in [5.74, 6) is 0.842. The molecule has 0 heterocycles. The number of sulfone groups is 1. The van der Waals surface area contributed by atoms with Gasteiger partial charge in [0, 0.05) is 10.8 Å². The predicted octanol–water partition coefficient (Wildman–Crippen LogP) is 3.70. The molecule has 0 fully saturated rings. The minimum Gasteiger partial charge on any atom is -0.214 e. The Kier molecular flexibility index (Phi) is 5.36. The lowest BCUT2D eigenvalue weighted by Gasteiger charge is -2.11. The monoisotopic (exact) mass is 318 g/mol. The quantitative estimate of drug-likeness (QED) is 0.471. The predicted molar refractivity (Wildman–Crippen MR) is 65.7 cm³/mol. The highest BCUT2D eigenvalue weighted by Gasteiger charge is 2.47. The average molecular weight is 319 g/mol. The molecule has 0 amide bonds. The lowest BCUT2D eigenvalue weighted by Crippen LogP contribution is -2.23. The van der Waals surface area contributed by atoms with Gasteiger partial charge in [0.15, 0.2) is 0 Å². The van der Waals surface area contributed by atoms with Crippen molar-refractivity contribution in [3.05, 3.63) is 24.3 Å². The van der Waals surface area contributed by atoms with Gasteiger partial charge in [-0.05, 0) is 24.3 Å². The van der Waals surface area contributed by atoms with Crippen molar-refractivity contribution in [1.82, 2.24) is 0 Å². The zero-order valence-electron chi connectivity index (χ0n) is 9.08. The maximum absolute atomic E-state index is 12.5. The third kappa shape index (κ3) is 3.55. The van der Waals surface area contributed by atoms with Crippen LogP contribution in [0.1, 0.15) is 6.42 Å². The maximum atomic E-state index is 12.5. The van der Waals surface area contributed by atoms with Crippen molar-refractivity contribution in [3.63, 3.8) is 0 Å². The van der Waals surface area contributed by atoms with Gasteiger partial charge in [-0.15, -0.1) is 23.4 Å². The van der Waals surface area contributed by atoms with Crippen LogP contribution in [0.5, 0.6) is 0 Å². The van der Waals surface area contributed by atoms with Crippen LogP contribution < -0.4 is 0 Å². The molecule has 0 aliphatic carbocycles. The van der Waals surface area contributed by atoms with E-state index in [1.807, 2.05) is 0 Å². The molecule has 0 bridgehead atoms. The van der Waals surface area contributed by atoms with Gasteiger partial charge in [0.1, 0.15) is 0 Å². The number of hydrogen-bond acceptors (Lipinski definition) is 3. The fraction of sp³-hybridized carbons (Fsp3) is 0.400. The second-order valence-corrected chi connectivity index (χ2v) is 6.71. The molecular formula is C10H10ClF3O2S2. The second-order valence-electron chi connectivity index (χ2n) is 3.29. The smallest absolute Gasteiger partial charge is 0.214 e. The van der Waals surface area contributed by atoms with Gasteiger partial charge in [-0.2, -0.15) is 13.2 Å². The fourth-order valence-electron chi connectivity index (χ4n) is 1.15. The number of hydrogen-bond donors (Lipinski definition) is 0. The molecule has 0 aliphatic rings. The molecule has 8 heteroatoms. The van der Waals surface area contributed by atoms with Gasteiger partial charge in [0.25, 0.3) is 9.84 Å². The van der Waals surface area contributed by atoms with Crippen molar-refractivity contribution in [3.8, 4) is 0 Å². The number of thioether (sulfide) groups is 1. The Morgan fingerprint density at radius 1 is 1.22 bits per heavy atom. The molecule has 0 aliphatic heterocycles. The Balaban J connectivity index is 3.10. The van der Waals surface area contributed by atoms with E-state index in [2.05, 4.69) is 0 Å². The van der Waals surface area contributed by atoms with Crippen molar-refractivity contribution in [2.24, 2.45) is 0 Å². The van der Waals surface area contributed by atoms with Crippen LogP contribution in [0.4, 0.5) is 13.2 Å². The first-order chi connectivity index (χ1) is 8.30. The molecule has 1 aromatic rings. The number of rotatable bonds is 5. The van der Waals surface area contributed by atoms with Gasteiger partial charge in [0.2, 0.25) is 0 Å². The molecule has 0 N–H and O–H groups in total. The molecule has 1 rings (SSSR count). The highest BCUT2D eigenvalue weighted by molar-refractivity contribution is 8.00. The molecule has 0 aromatic heterocycles. The first kappa shape index (κ1) is 15.7. The molecule has 2 nitrogen and oxygen atoms in total. The van der Waals surface area contributed by atoms with E-state index in [4.69, 9.17) is 11.6 Å². The van der Waals surface area contributed by atoms with Crippen LogP contribution in [0.25, 0.3) is 0 Å². The second kappa shape index (κ2) is 6.16. The zero-order chi connectivity index (χ0) is 13.8. The molecule has 0 radical (unpaired) electrons. The Labute approximate surface area is 112 Å². The van der Waals surface area contributed by atoms with Gasteiger partial charge in [-0.3, -0.25) is 0 Å². The van der Waals surface area contributed by atoms with E-state index in [1.165, 1.54) is 18.2 Å². The Morgan fingerprint density at radius 2 is 1.83 bits per heavy atom. The minimum atomic E-state index is -5.30. The zero-order valence-corrected chi connectivity index (χ0v) is 11.5. The average Bonchev–Trinajstić information content (AvgIpc) is 2.28.